The molecular weight excluding hydrogens is 228 g/mol. The molecule has 1 amide bonds. The van der Waals surface area contributed by atoms with Gasteiger partial charge >= 0.3 is 0 Å². The first-order chi connectivity index (χ1) is 8.58. The molecular formula is C14H28N2O2. The highest BCUT2D eigenvalue weighted by Crippen LogP contribution is 2.23. The van der Waals surface area contributed by atoms with Gasteiger partial charge in [0.1, 0.15) is 0 Å². The maximum absolute atomic E-state index is 11.6. The van der Waals surface area contributed by atoms with Crippen LogP contribution >= 0.6 is 0 Å². The Kier molecular flexibility index (Phi) is 7.28. The molecule has 18 heavy (non-hydrogen) atoms. The topological polar surface area (TPSA) is 61.4 Å². The van der Waals surface area contributed by atoms with E-state index in [0.717, 1.165) is 45.2 Å². The van der Waals surface area contributed by atoms with Gasteiger partial charge in [-0.1, -0.05) is 13.8 Å². The molecule has 1 aliphatic rings. The zero-order valence-electron chi connectivity index (χ0n) is 11.7. The van der Waals surface area contributed by atoms with Gasteiger partial charge in [-0.2, -0.15) is 0 Å². The Bertz CT molecular complexity index is 236. The number of aliphatic hydroxyl groups excluding tert-OH is 1. The second-order valence-corrected chi connectivity index (χ2v) is 5.69. The molecule has 0 spiro atoms. The molecule has 0 aromatic rings. The van der Waals surface area contributed by atoms with Crippen LogP contribution in [0.1, 0.15) is 52.4 Å². The lowest BCUT2D eigenvalue weighted by atomic mass is 9.87. The zero-order valence-corrected chi connectivity index (χ0v) is 11.7. The smallest absolute Gasteiger partial charge is 0.220 e. The van der Waals surface area contributed by atoms with E-state index in [4.69, 9.17) is 0 Å². The molecule has 0 atom stereocenters. The molecule has 0 aromatic carbocycles. The van der Waals surface area contributed by atoms with Crippen molar-refractivity contribution in [1.29, 1.82) is 0 Å². The van der Waals surface area contributed by atoms with Crippen LogP contribution in [0.15, 0.2) is 0 Å². The SMILES string of the molecule is CC(C)NCCCC(=O)NCC1CCC(O)CC1. The Hall–Kier alpha value is -0.610. The Morgan fingerprint density at radius 2 is 1.94 bits per heavy atom. The van der Waals surface area contributed by atoms with E-state index >= 15 is 0 Å². The van der Waals surface area contributed by atoms with Crippen molar-refractivity contribution in [2.45, 2.75) is 64.5 Å². The fraction of sp³-hybridized carbons (Fsp3) is 0.929. The highest BCUT2D eigenvalue weighted by atomic mass is 16.3. The van der Waals surface area contributed by atoms with E-state index < -0.39 is 0 Å². The van der Waals surface area contributed by atoms with E-state index in [1.165, 1.54) is 0 Å². The Labute approximate surface area is 111 Å². The summed E-state index contributed by atoms with van der Waals surface area (Å²) in [4.78, 5) is 11.6. The van der Waals surface area contributed by atoms with Crippen LogP contribution in [0.3, 0.4) is 0 Å². The monoisotopic (exact) mass is 256 g/mol. The van der Waals surface area contributed by atoms with Gasteiger partial charge in [-0.05, 0) is 44.6 Å². The van der Waals surface area contributed by atoms with Crippen LogP contribution in [-0.2, 0) is 4.79 Å². The minimum Gasteiger partial charge on any atom is -0.393 e. The number of hydrogen-bond acceptors (Lipinski definition) is 3. The van der Waals surface area contributed by atoms with Crippen molar-refractivity contribution < 1.29 is 9.90 Å². The van der Waals surface area contributed by atoms with Crippen molar-refractivity contribution in [2.24, 2.45) is 5.92 Å². The predicted molar refractivity (Wildman–Crippen MR) is 73.3 cm³/mol. The third-order valence-electron chi connectivity index (χ3n) is 3.54. The fourth-order valence-corrected chi connectivity index (χ4v) is 2.34. The van der Waals surface area contributed by atoms with E-state index in [1.54, 1.807) is 0 Å². The molecule has 4 nitrogen and oxygen atoms in total. The minimum absolute atomic E-state index is 0.112. The first-order valence-electron chi connectivity index (χ1n) is 7.26. The molecule has 0 aliphatic heterocycles. The number of amides is 1. The lowest BCUT2D eigenvalue weighted by Gasteiger charge is -2.25. The van der Waals surface area contributed by atoms with Crippen LogP contribution in [0.5, 0.6) is 0 Å². The van der Waals surface area contributed by atoms with Gasteiger partial charge in [0.05, 0.1) is 6.10 Å². The Balaban J connectivity index is 1.99. The van der Waals surface area contributed by atoms with E-state index in [0.29, 0.717) is 18.4 Å². The molecule has 0 heterocycles. The zero-order chi connectivity index (χ0) is 13.4. The van der Waals surface area contributed by atoms with Crippen LogP contribution in [0.4, 0.5) is 0 Å². The minimum atomic E-state index is -0.112. The van der Waals surface area contributed by atoms with E-state index in [2.05, 4.69) is 24.5 Å². The predicted octanol–water partition coefficient (Wildman–Crippen LogP) is 1.43. The molecule has 0 saturated heterocycles. The lowest BCUT2D eigenvalue weighted by molar-refractivity contribution is -0.121. The lowest BCUT2D eigenvalue weighted by Crippen LogP contribution is -2.32. The summed E-state index contributed by atoms with van der Waals surface area (Å²) in [6.45, 7) is 5.90. The summed E-state index contributed by atoms with van der Waals surface area (Å²) >= 11 is 0. The molecule has 3 N–H and O–H groups in total. The number of carbonyl (C=O) groups excluding carboxylic acids is 1. The normalized spacial score (nSPS) is 24.2. The van der Waals surface area contributed by atoms with Crippen LogP contribution in [0, 0.1) is 5.92 Å². The molecule has 4 heteroatoms. The van der Waals surface area contributed by atoms with Crippen LogP contribution in [-0.4, -0.2) is 36.2 Å². The Morgan fingerprint density at radius 3 is 2.56 bits per heavy atom. The van der Waals surface area contributed by atoms with Gasteiger partial charge < -0.3 is 15.7 Å². The van der Waals surface area contributed by atoms with Crippen LogP contribution in [0.2, 0.25) is 0 Å². The number of rotatable bonds is 7. The van der Waals surface area contributed by atoms with E-state index in [9.17, 15) is 9.90 Å². The average Bonchev–Trinajstić information content (AvgIpc) is 2.34. The molecule has 0 unspecified atom stereocenters. The van der Waals surface area contributed by atoms with Crippen molar-refractivity contribution in [3.05, 3.63) is 0 Å². The molecule has 1 aliphatic carbocycles. The largest absolute Gasteiger partial charge is 0.393 e. The van der Waals surface area contributed by atoms with Gasteiger partial charge in [-0.15, -0.1) is 0 Å². The molecule has 1 fully saturated rings. The van der Waals surface area contributed by atoms with E-state index in [1.807, 2.05) is 0 Å². The summed E-state index contributed by atoms with van der Waals surface area (Å²) < 4.78 is 0. The Morgan fingerprint density at radius 1 is 1.28 bits per heavy atom. The second kappa shape index (κ2) is 8.48. The molecule has 0 aromatic heterocycles. The maximum Gasteiger partial charge on any atom is 0.220 e. The first kappa shape index (κ1) is 15.4. The van der Waals surface area contributed by atoms with Crippen molar-refractivity contribution >= 4 is 5.91 Å². The third kappa shape index (κ3) is 6.97. The summed E-state index contributed by atoms with van der Waals surface area (Å²) in [7, 11) is 0. The van der Waals surface area contributed by atoms with Crippen molar-refractivity contribution in [2.75, 3.05) is 13.1 Å². The number of carbonyl (C=O) groups is 1. The molecule has 0 bridgehead atoms. The summed E-state index contributed by atoms with van der Waals surface area (Å²) in [5.74, 6) is 0.720. The van der Waals surface area contributed by atoms with Crippen LogP contribution in [0.25, 0.3) is 0 Å². The van der Waals surface area contributed by atoms with Gasteiger partial charge in [-0.3, -0.25) is 4.79 Å². The number of aliphatic hydroxyl groups is 1. The first-order valence-corrected chi connectivity index (χ1v) is 7.26. The standard InChI is InChI=1S/C14H28N2O2/c1-11(2)15-9-3-4-14(18)16-10-12-5-7-13(17)8-6-12/h11-13,15,17H,3-10H2,1-2H3,(H,16,18). The van der Waals surface area contributed by atoms with Crippen molar-refractivity contribution in [3.63, 3.8) is 0 Å². The molecule has 106 valence electrons. The number of hydrogen-bond donors (Lipinski definition) is 3. The van der Waals surface area contributed by atoms with E-state index in [-0.39, 0.29) is 12.0 Å². The van der Waals surface area contributed by atoms with Crippen molar-refractivity contribution in [3.8, 4) is 0 Å². The summed E-state index contributed by atoms with van der Waals surface area (Å²) in [5, 5.41) is 15.7. The highest BCUT2D eigenvalue weighted by Gasteiger charge is 2.19. The maximum atomic E-state index is 11.6. The molecule has 1 saturated carbocycles. The quantitative estimate of drug-likeness (QED) is 0.604. The van der Waals surface area contributed by atoms with Gasteiger partial charge in [0.15, 0.2) is 0 Å². The van der Waals surface area contributed by atoms with Gasteiger partial charge in [0.25, 0.3) is 0 Å². The summed E-state index contributed by atoms with van der Waals surface area (Å²) in [6, 6.07) is 0.488. The fourth-order valence-electron chi connectivity index (χ4n) is 2.34. The summed E-state index contributed by atoms with van der Waals surface area (Å²) in [5.41, 5.74) is 0. The summed E-state index contributed by atoms with van der Waals surface area (Å²) in [6.07, 6.45) is 5.24. The van der Waals surface area contributed by atoms with Crippen molar-refractivity contribution in [1.82, 2.24) is 10.6 Å². The third-order valence-corrected chi connectivity index (χ3v) is 3.54. The van der Waals surface area contributed by atoms with Gasteiger partial charge in [0, 0.05) is 19.0 Å². The van der Waals surface area contributed by atoms with Gasteiger partial charge in [0.2, 0.25) is 5.91 Å². The highest BCUT2D eigenvalue weighted by molar-refractivity contribution is 5.75. The van der Waals surface area contributed by atoms with Gasteiger partial charge in [-0.25, -0.2) is 0 Å². The van der Waals surface area contributed by atoms with Crippen LogP contribution < -0.4 is 10.6 Å². The molecule has 0 radical (unpaired) electrons. The molecule has 1 rings (SSSR count). The number of nitrogens with one attached hydrogen (secondary N) is 2. The average molecular weight is 256 g/mol. The second-order valence-electron chi connectivity index (χ2n) is 5.69.